The molecule has 60 valence electrons. The van der Waals surface area contributed by atoms with Gasteiger partial charge in [-0.15, -0.1) is 0 Å². The van der Waals surface area contributed by atoms with E-state index in [1.807, 2.05) is 17.9 Å². The molecule has 1 aliphatic heterocycles. The number of fused-ring (bicyclic) bond motifs is 1. The third-order valence-corrected chi connectivity index (χ3v) is 2.36. The molecule has 2 heterocycles. The van der Waals surface area contributed by atoms with Gasteiger partial charge in [0.2, 0.25) is 0 Å². The first kappa shape index (κ1) is 6.85. The monoisotopic (exact) mass is 151 g/mol. The van der Waals surface area contributed by atoms with Crippen molar-refractivity contribution in [1.29, 1.82) is 0 Å². The van der Waals surface area contributed by atoms with E-state index in [-0.39, 0.29) is 0 Å². The van der Waals surface area contributed by atoms with Gasteiger partial charge < -0.3 is 0 Å². The van der Waals surface area contributed by atoms with Crippen molar-refractivity contribution in [2.75, 3.05) is 6.54 Å². The maximum Gasteiger partial charge on any atom is 0.0566 e. The average Bonchev–Trinajstić information content (AvgIpc) is 2.53. The molecule has 0 aliphatic carbocycles. The van der Waals surface area contributed by atoms with E-state index in [2.05, 4.69) is 16.9 Å². The second kappa shape index (κ2) is 2.34. The second-order valence-corrected chi connectivity index (χ2v) is 3.04. The van der Waals surface area contributed by atoms with Crippen LogP contribution in [0, 0.1) is 0 Å². The molecule has 0 unspecified atom stereocenters. The third-order valence-electron chi connectivity index (χ3n) is 2.36. The Balaban J connectivity index is 2.27. The summed E-state index contributed by atoms with van der Waals surface area (Å²) in [5.74, 6) is 0. The van der Waals surface area contributed by atoms with Gasteiger partial charge in [0.15, 0.2) is 0 Å². The molecule has 0 aromatic carbocycles. The van der Waals surface area contributed by atoms with E-state index < -0.39 is 0 Å². The van der Waals surface area contributed by atoms with Gasteiger partial charge in [0.05, 0.1) is 11.9 Å². The lowest BCUT2D eigenvalue weighted by Gasteiger charge is -2.10. The zero-order valence-electron chi connectivity index (χ0n) is 7.04. The molecular formula is C8H13N3. The summed E-state index contributed by atoms with van der Waals surface area (Å²) < 4.78 is 1.98. The molecule has 1 aromatic rings. The normalized spacial score (nSPS) is 17.3. The Morgan fingerprint density at radius 1 is 1.55 bits per heavy atom. The van der Waals surface area contributed by atoms with Crippen LogP contribution in [0.15, 0.2) is 6.20 Å². The van der Waals surface area contributed by atoms with E-state index in [1.165, 1.54) is 11.3 Å². The molecule has 0 saturated carbocycles. The maximum atomic E-state index is 4.20. The summed E-state index contributed by atoms with van der Waals surface area (Å²) in [6, 6.07) is 0. The predicted octanol–water partition coefficient (Wildman–Crippen LogP) is 0.756. The molecule has 0 N–H and O–H groups in total. The highest BCUT2D eigenvalue weighted by molar-refractivity contribution is 5.21. The summed E-state index contributed by atoms with van der Waals surface area (Å²) in [5.41, 5.74) is 2.78. The van der Waals surface area contributed by atoms with Crippen molar-refractivity contribution in [2.24, 2.45) is 7.05 Å². The van der Waals surface area contributed by atoms with Crippen LogP contribution in [0.5, 0.6) is 0 Å². The first-order valence-electron chi connectivity index (χ1n) is 4.03. The van der Waals surface area contributed by atoms with E-state index >= 15 is 0 Å². The number of hydrogen-bond donors (Lipinski definition) is 0. The lowest BCUT2D eigenvalue weighted by Crippen LogP contribution is -2.16. The highest BCUT2D eigenvalue weighted by Crippen LogP contribution is 2.20. The molecule has 0 bridgehead atoms. The Kier molecular flexibility index (Phi) is 1.46. The van der Waals surface area contributed by atoms with Crippen molar-refractivity contribution in [3.63, 3.8) is 0 Å². The molecule has 0 radical (unpaired) electrons. The van der Waals surface area contributed by atoms with Gasteiger partial charge in [0.25, 0.3) is 0 Å². The molecule has 0 fully saturated rings. The smallest absolute Gasteiger partial charge is 0.0566 e. The molecule has 1 aromatic heterocycles. The number of rotatable bonds is 1. The summed E-state index contributed by atoms with van der Waals surface area (Å²) >= 11 is 0. The van der Waals surface area contributed by atoms with Crippen molar-refractivity contribution in [3.8, 4) is 0 Å². The molecule has 0 amide bonds. The number of aromatic nitrogens is 2. The molecule has 11 heavy (non-hydrogen) atoms. The number of hydrogen-bond acceptors (Lipinski definition) is 2. The van der Waals surface area contributed by atoms with Crippen LogP contribution in [0.25, 0.3) is 0 Å². The zero-order chi connectivity index (χ0) is 7.84. The first-order valence-corrected chi connectivity index (χ1v) is 4.03. The van der Waals surface area contributed by atoms with Crippen molar-refractivity contribution < 1.29 is 0 Å². The fourth-order valence-corrected chi connectivity index (χ4v) is 1.58. The molecular weight excluding hydrogens is 138 g/mol. The van der Waals surface area contributed by atoms with Crippen molar-refractivity contribution in [1.82, 2.24) is 14.7 Å². The van der Waals surface area contributed by atoms with Crippen molar-refractivity contribution in [3.05, 3.63) is 17.5 Å². The number of aryl methyl sites for hydroxylation is 1. The summed E-state index contributed by atoms with van der Waals surface area (Å²) in [5, 5.41) is 4.20. The van der Waals surface area contributed by atoms with Crippen LogP contribution in [0.2, 0.25) is 0 Å². The van der Waals surface area contributed by atoms with Crippen LogP contribution in [-0.4, -0.2) is 21.2 Å². The summed E-state index contributed by atoms with van der Waals surface area (Å²) in [7, 11) is 2.01. The first-order chi connectivity index (χ1) is 5.31. The van der Waals surface area contributed by atoms with E-state index in [9.17, 15) is 0 Å². The molecule has 2 rings (SSSR count). The Morgan fingerprint density at radius 3 is 3.00 bits per heavy atom. The highest BCUT2D eigenvalue weighted by atomic mass is 15.3. The van der Waals surface area contributed by atoms with Gasteiger partial charge in [0, 0.05) is 25.7 Å². The summed E-state index contributed by atoms with van der Waals surface area (Å²) in [4.78, 5) is 2.41. The van der Waals surface area contributed by atoms with Gasteiger partial charge in [-0.1, -0.05) is 6.92 Å². The highest BCUT2D eigenvalue weighted by Gasteiger charge is 2.20. The fraction of sp³-hybridized carbons (Fsp3) is 0.625. The average molecular weight is 151 g/mol. The number of nitrogens with zero attached hydrogens (tertiary/aromatic N) is 3. The minimum atomic E-state index is 1.07. The minimum absolute atomic E-state index is 1.07. The standard InChI is InChI=1S/C8H13N3/c1-3-11-5-7-4-9-10(2)8(7)6-11/h4H,3,5-6H2,1-2H3. The van der Waals surface area contributed by atoms with Gasteiger partial charge in [0.1, 0.15) is 0 Å². The maximum absolute atomic E-state index is 4.20. The predicted molar refractivity (Wildman–Crippen MR) is 43.0 cm³/mol. The van der Waals surface area contributed by atoms with Gasteiger partial charge in [-0.2, -0.15) is 5.10 Å². The second-order valence-electron chi connectivity index (χ2n) is 3.04. The minimum Gasteiger partial charge on any atom is -0.293 e. The Labute approximate surface area is 66.6 Å². The van der Waals surface area contributed by atoms with Crippen LogP contribution in [0.4, 0.5) is 0 Å². The lowest BCUT2D eigenvalue weighted by molar-refractivity contribution is 0.294. The van der Waals surface area contributed by atoms with Crippen LogP contribution in [-0.2, 0) is 20.1 Å². The Morgan fingerprint density at radius 2 is 2.36 bits per heavy atom. The van der Waals surface area contributed by atoms with E-state index in [0.717, 1.165) is 19.6 Å². The van der Waals surface area contributed by atoms with Crippen molar-refractivity contribution in [2.45, 2.75) is 20.0 Å². The quantitative estimate of drug-likeness (QED) is 0.590. The molecule has 3 heteroatoms. The Bertz CT molecular complexity index is 264. The molecule has 1 aliphatic rings. The van der Waals surface area contributed by atoms with Crippen LogP contribution in [0.3, 0.4) is 0 Å². The van der Waals surface area contributed by atoms with E-state index in [1.54, 1.807) is 0 Å². The van der Waals surface area contributed by atoms with Gasteiger partial charge in [-0.3, -0.25) is 9.58 Å². The zero-order valence-corrected chi connectivity index (χ0v) is 7.04. The van der Waals surface area contributed by atoms with Crippen LogP contribution < -0.4 is 0 Å². The van der Waals surface area contributed by atoms with Crippen LogP contribution >= 0.6 is 0 Å². The molecule has 3 nitrogen and oxygen atoms in total. The van der Waals surface area contributed by atoms with E-state index in [4.69, 9.17) is 0 Å². The Hall–Kier alpha value is -0.830. The van der Waals surface area contributed by atoms with Crippen LogP contribution in [0.1, 0.15) is 18.2 Å². The fourth-order valence-electron chi connectivity index (χ4n) is 1.58. The van der Waals surface area contributed by atoms with Gasteiger partial charge in [-0.25, -0.2) is 0 Å². The lowest BCUT2D eigenvalue weighted by atomic mass is 10.3. The van der Waals surface area contributed by atoms with Gasteiger partial charge in [-0.05, 0) is 6.54 Å². The van der Waals surface area contributed by atoms with E-state index in [0.29, 0.717) is 0 Å². The topological polar surface area (TPSA) is 21.1 Å². The van der Waals surface area contributed by atoms with Gasteiger partial charge >= 0.3 is 0 Å². The molecule has 0 spiro atoms. The largest absolute Gasteiger partial charge is 0.293 e. The summed E-state index contributed by atoms with van der Waals surface area (Å²) in [6.45, 7) is 5.48. The molecule has 0 saturated heterocycles. The third kappa shape index (κ3) is 0.959. The summed E-state index contributed by atoms with van der Waals surface area (Å²) in [6.07, 6.45) is 1.98. The SMILES string of the molecule is CCN1Cc2cnn(C)c2C1. The van der Waals surface area contributed by atoms with Crippen molar-refractivity contribution >= 4 is 0 Å². The molecule has 0 atom stereocenters.